The maximum absolute atomic E-state index is 13.1. The van der Waals surface area contributed by atoms with Gasteiger partial charge in [-0.1, -0.05) is 48.5 Å². The van der Waals surface area contributed by atoms with Crippen LogP contribution in [0, 0.1) is 5.92 Å². The van der Waals surface area contributed by atoms with Crippen molar-refractivity contribution in [3.05, 3.63) is 106 Å². The minimum atomic E-state index is -0.847. The number of rotatable bonds is 15. The number of amides is 1. The Morgan fingerprint density at radius 3 is 2.54 bits per heavy atom. The lowest BCUT2D eigenvalue weighted by Crippen LogP contribution is -2.52. The molecule has 0 radical (unpaired) electrons. The van der Waals surface area contributed by atoms with Crippen molar-refractivity contribution in [1.29, 1.82) is 0 Å². The van der Waals surface area contributed by atoms with Crippen LogP contribution in [0.5, 0.6) is 11.5 Å². The van der Waals surface area contributed by atoms with Crippen molar-refractivity contribution in [2.75, 3.05) is 45.9 Å². The van der Waals surface area contributed by atoms with E-state index in [4.69, 9.17) is 14.2 Å². The largest absolute Gasteiger partial charge is 0.506 e. The van der Waals surface area contributed by atoms with Crippen molar-refractivity contribution in [2.24, 2.45) is 5.92 Å². The molecule has 3 aromatic carbocycles. The first kappa shape index (κ1) is 34.9. The van der Waals surface area contributed by atoms with Gasteiger partial charge in [-0.05, 0) is 92.2 Å². The van der Waals surface area contributed by atoms with Crippen molar-refractivity contribution in [3.8, 4) is 11.5 Å². The maximum Gasteiger partial charge on any atom is 0.408 e. The molecule has 0 saturated carbocycles. The molecule has 50 heavy (non-hydrogen) atoms. The molecule has 7 rings (SSSR count). The fraction of sp³-hybridized carbons (Fsp3) is 0.395. The summed E-state index contributed by atoms with van der Waals surface area (Å²) >= 11 is 0. The average molecular weight is 685 g/mol. The second-order valence-corrected chi connectivity index (χ2v) is 12.9. The van der Waals surface area contributed by atoms with Gasteiger partial charge in [0.15, 0.2) is 6.61 Å². The Kier molecular flexibility index (Phi) is 11.6. The van der Waals surface area contributed by atoms with Crippen molar-refractivity contribution in [2.45, 2.75) is 43.9 Å². The van der Waals surface area contributed by atoms with Crippen LogP contribution in [0.2, 0.25) is 0 Å². The Morgan fingerprint density at radius 2 is 1.76 bits per heavy atom. The predicted molar refractivity (Wildman–Crippen MR) is 187 cm³/mol. The second kappa shape index (κ2) is 16.7. The molecule has 3 saturated heterocycles. The number of piperidine rings is 3. The number of benzene rings is 3. The van der Waals surface area contributed by atoms with Gasteiger partial charge in [0, 0.05) is 24.5 Å². The number of aromatic hydroxyl groups is 1. The Labute approximate surface area is 290 Å². The van der Waals surface area contributed by atoms with Crippen molar-refractivity contribution in [1.82, 2.24) is 20.5 Å². The maximum atomic E-state index is 13.1. The summed E-state index contributed by atoms with van der Waals surface area (Å²) in [6.45, 7) is 3.74. The lowest BCUT2D eigenvalue weighted by molar-refractivity contribution is -0.146. The molecular weight excluding hydrogens is 640 g/mol. The van der Waals surface area contributed by atoms with E-state index >= 15 is 0 Å². The molecule has 12 heteroatoms. The van der Waals surface area contributed by atoms with Crippen molar-refractivity contribution < 1.29 is 34.0 Å². The van der Waals surface area contributed by atoms with Crippen LogP contribution in [0.15, 0.2) is 83.7 Å². The van der Waals surface area contributed by atoms with Crippen LogP contribution >= 0.6 is 0 Å². The lowest BCUT2D eigenvalue weighted by Gasteiger charge is -2.43. The standard InChI is InChI=1S/C38H44N4O8/c43-31-13-11-29(30-12-14-34(45)40-37(30)31)32(44)22-39-17-4-5-20-48-35(46)24-49-28-10-6-9-27(21-28)36(26-7-2-1-3-8-26)41-38(47)50-33-23-42-18-15-25(33)16-19-42/h1-3,6-14,21,25,32-33,36,39,43-44H,4-5,15-20,22-24H2,(H,40,45)(H,41,47). The molecule has 5 N–H and O–H groups in total. The average Bonchev–Trinajstić information content (AvgIpc) is 3.14. The number of carbonyl (C=O) groups excluding carboxylic acids is 2. The van der Waals surface area contributed by atoms with Gasteiger partial charge in [-0.15, -0.1) is 0 Å². The minimum Gasteiger partial charge on any atom is -0.506 e. The number of phenolic OH excluding ortho intramolecular Hbond substituents is 1. The van der Waals surface area contributed by atoms with Crippen LogP contribution in [-0.4, -0.2) is 84.2 Å². The molecule has 0 aliphatic carbocycles. The first-order valence-electron chi connectivity index (χ1n) is 17.2. The summed E-state index contributed by atoms with van der Waals surface area (Å²) < 4.78 is 17.0. The Morgan fingerprint density at radius 1 is 0.960 bits per heavy atom. The molecular formula is C38H44N4O8. The molecule has 3 fully saturated rings. The molecule has 12 nitrogen and oxygen atoms in total. The van der Waals surface area contributed by atoms with Crippen LogP contribution in [0.4, 0.5) is 4.79 Å². The Bertz CT molecular complexity index is 1810. The molecule has 3 aliphatic heterocycles. The van der Waals surface area contributed by atoms with Crippen molar-refractivity contribution in [3.63, 3.8) is 0 Å². The molecule has 0 spiro atoms. The van der Waals surface area contributed by atoms with Gasteiger partial charge in [-0.25, -0.2) is 9.59 Å². The number of alkyl carbamates (subject to hydrolysis) is 1. The number of nitrogens with one attached hydrogen (secondary N) is 3. The first-order valence-corrected chi connectivity index (χ1v) is 17.2. The smallest absolute Gasteiger partial charge is 0.408 e. The summed E-state index contributed by atoms with van der Waals surface area (Å²) in [4.78, 5) is 42.1. The van der Waals surface area contributed by atoms with E-state index in [1.165, 1.54) is 12.1 Å². The molecule has 1 aromatic heterocycles. The van der Waals surface area contributed by atoms with Gasteiger partial charge in [0.25, 0.3) is 0 Å². The number of phenols is 1. The zero-order valence-electron chi connectivity index (χ0n) is 27.9. The third-order valence-corrected chi connectivity index (χ3v) is 9.41. The van der Waals surface area contributed by atoms with E-state index in [9.17, 15) is 24.6 Å². The molecule has 4 heterocycles. The zero-order valence-corrected chi connectivity index (χ0v) is 27.9. The van der Waals surface area contributed by atoms with E-state index in [-0.39, 0.29) is 42.7 Å². The molecule has 3 unspecified atom stereocenters. The molecule has 1 amide bonds. The number of esters is 1. The van der Waals surface area contributed by atoms with Crippen LogP contribution in [0.3, 0.4) is 0 Å². The van der Waals surface area contributed by atoms with Crippen LogP contribution in [0.25, 0.3) is 10.9 Å². The summed E-state index contributed by atoms with van der Waals surface area (Å²) in [5.41, 5.74) is 2.23. The van der Waals surface area contributed by atoms with Crippen LogP contribution in [-0.2, 0) is 14.3 Å². The van der Waals surface area contributed by atoms with E-state index < -0.39 is 24.2 Å². The number of aliphatic hydroxyl groups excluding tert-OH is 1. The fourth-order valence-electron chi connectivity index (χ4n) is 6.74. The lowest BCUT2D eigenvalue weighted by atomic mass is 9.86. The number of H-pyrrole nitrogens is 1. The van der Waals surface area contributed by atoms with Gasteiger partial charge in [-0.2, -0.15) is 0 Å². The number of aliphatic hydroxyl groups is 1. The molecule has 2 bridgehead atoms. The Hall–Kier alpha value is -4.91. The van der Waals surface area contributed by atoms with Gasteiger partial charge in [0.05, 0.1) is 24.3 Å². The van der Waals surface area contributed by atoms with Gasteiger partial charge in [-0.3, -0.25) is 9.69 Å². The fourth-order valence-corrected chi connectivity index (χ4v) is 6.74. The highest BCUT2D eigenvalue weighted by Gasteiger charge is 2.37. The number of unbranched alkanes of at least 4 members (excludes halogenated alkanes) is 1. The molecule has 3 atom stereocenters. The summed E-state index contributed by atoms with van der Waals surface area (Å²) in [6.07, 6.45) is 2.03. The van der Waals surface area contributed by atoms with Gasteiger partial charge in [0.1, 0.15) is 17.6 Å². The highest BCUT2D eigenvalue weighted by molar-refractivity contribution is 5.87. The predicted octanol–water partition coefficient (Wildman–Crippen LogP) is 4.17. The van der Waals surface area contributed by atoms with E-state index in [1.807, 2.05) is 42.5 Å². The monoisotopic (exact) mass is 684 g/mol. The number of nitrogens with zero attached hydrogens (tertiary/aromatic N) is 1. The minimum absolute atomic E-state index is 0.0578. The quantitative estimate of drug-likeness (QED) is 0.0908. The normalized spacial score (nSPS) is 19.4. The van der Waals surface area contributed by atoms with E-state index in [0.717, 1.165) is 43.6 Å². The number of aromatic amines is 1. The summed E-state index contributed by atoms with van der Waals surface area (Å²) in [5.74, 6) is 0.332. The van der Waals surface area contributed by atoms with E-state index in [2.05, 4.69) is 20.5 Å². The third kappa shape index (κ3) is 9.00. The highest BCUT2D eigenvalue weighted by atomic mass is 16.6. The van der Waals surface area contributed by atoms with Crippen LogP contribution < -0.4 is 20.9 Å². The molecule has 264 valence electrons. The summed E-state index contributed by atoms with van der Waals surface area (Å²) in [7, 11) is 0. The molecule has 4 aromatic rings. The number of carbonyl (C=O) groups is 2. The highest BCUT2D eigenvalue weighted by Crippen LogP contribution is 2.31. The van der Waals surface area contributed by atoms with Gasteiger partial charge in [0.2, 0.25) is 5.56 Å². The number of pyridine rings is 1. The van der Waals surface area contributed by atoms with E-state index in [1.54, 1.807) is 24.3 Å². The van der Waals surface area contributed by atoms with Crippen molar-refractivity contribution >= 4 is 23.0 Å². The number of ether oxygens (including phenoxy) is 3. The number of hydrogen-bond acceptors (Lipinski definition) is 10. The summed E-state index contributed by atoms with van der Waals surface area (Å²) in [6, 6.07) is 22.5. The number of hydrogen-bond donors (Lipinski definition) is 5. The second-order valence-electron chi connectivity index (χ2n) is 12.9. The number of aromatic nitrogens is 1. The number of fused-ring (bicyclic) bond motifs is 4. The summed E-state index contributed by atoms with van der Waals surface area (Å²) in [5, 5.41) is 27.6. The molecule has 3 aliphatic rings. The SMILES string of the molecule is O=C(COc1cccc(C(NC(=O)OC2CN3CCC2CC3)c2ccccc2)c1)OCCCCNCC(O)c1ccc(O)c2[nH]c(=O)ccc12. The topological polar surface area (TPSA) is 162 Å². The van der Waals surface area contributed by atoms with E-state index in [0.29, 0.717) is 42.0 Å². The zero-order chi connectivity index (χ0) is 34.9. The third-order valence-electron chi connectivity index (χ3n) is 9.41. The Balaban J connectivity index is 0.926. The van der Waals surface area contributed by atoms with Gasteiger partial charge < -0.3 is 40.0 Å². The first-order chi connectivity index (χ1) is 24.3. The van der Waals surface area contributed by atoms with Crippen LogP contribution in [0.1, 0.15) is 54.5 Å². The van der Waals surface area contributed by atoms with Gasteiger partial charge >= 0.3 is 12.1 Å².